The van der Waals surface area contributed by atoms with Gasteiger partial charge in [-0.15, -0.1) is 11.3 Å². The lowest BCUT2D eigenvalue weighted by atomic mass is 9.84. The van der Waals surface area contributed by atoms with Crippen LogP contribution in [0.25, 0.3) is 54.4 Å². The van der Waals surface area contributed by atoms with E-state index in [1.165, 1.54) is 69.9 Å². The molecule has 2 aliphatic carbocycles. The first-order valence-electron chi connectivity index (χ1n) is 15.2. The van der Waals surface area contributed by atoms with Crippen molar-refractivity contribution >= 4 is 65.7 Å². The molecule has 0 spiro atoms. The molecule has 0 bridgehead atoms. The lowest BCUT2D eigenvalue weighted by molar-refractivity contribution is 0.867. The molecule has 2 aliphatic rings. The van der Waals surface area contributed by atoms with E-state index in [-0.39, 0.29) is 0 Å². The molecular formula is C41H33NS. The van der Waals surface area contributed by atoms with Crippen LogP contribution in [0.2, 0.25) is 0 Å². The molecular weight excluding hydrogens is 539 g/mol. The van der Waals surface area contributed by atoms with Gasteiger partial charge < -0.3 is 5.73 Å². The Balaban J connectivity index is 1.18. The molecule has 1 nitrogen and oxygen atoms in total. The lowest BCUT2D eigenvalue weighted by Crippen LogP contribution is -2.04. The molecule has 2 heteroatoms. The summed E-state index contributed by atoms with van der Waals surface area (Å²) in [4.78, 5) is 0. The maximum absolute atomic E-state index is 6.89. The van der Waals surface area contributed by atoms with E-state index in [2.05, 4.69) is 134 Å². The summed E-state index contributed by atoms with van der Waals surface area (Å²) in [6.45, 7) is 2.23. The molecule has 0 amide bonds. The van der Waals surface area contributed by atoms with Gasteiger partial charge in [-0.2, -0.15) is 0 Å². The molecule has 0 saturated carbocycles. The largest absolute Gasteiger partial charge is 0.398 e. The predicted octanol–water partition coefficient (Wildman–Crippen LogP) is 11.1. The molecule has 2 N–H and O–H groups in total. The zero-order valence-electron chi connectivity index (χ0n) is 24.3. The van der Waals surface area contributed by atoms with Crippen LogP contribution in [0, 0.1) is 6.92 Å². The van der Waals surface area contributed by atoms with Crippen LogP contribution in [0.15, 0.2) is 115 Å². The Morgan fingerprint density at radius 1 is 0.814 bits per heavy atom. The zero-order valence-corrected chi connectivity index (χ0v) is 25.1. The smallest absolute Gasteiger partial charge is 0.0394 e. The Kier molecular flexibility index (Phi) is 6.39. The minimum atomic E-state index is 0.340. The molecule has 5 aromatic carbocycles. The van der Waals surface area contributed by atoms with E-state index in [9.17, 15) is 0 Å². The Morgan fingerprint density at radius 3 is 2.51 bits per heavy atom. The third-order valence-electron chi connectivity index (χ3n) is 9.25. The minimum Gasteiger partial charge on any atom is -0.398 e. The number of hydrogen-bond donors (Lipinski definition) is 1. The lowest BCUT2D eigenvalue weighted by Gasteiger charge is -2.20. The van der Waals surface area contributed by atoms with Crippen LogP contribution in [-0.4, -0.2) is 0 Å². The van der Waals surface area contributed by atoms with Gasteiger partial charge in [-0.05, 0) is 99.7 Å². The fraction of sp³-hybridized carbons (Fsp3) is 0.122. The molecule has 43 heavy (non-hydrogen) atoms. The highest BCUT2D eigenvalue weighted by atomic mass is 32.1. The van der Waals surface area contributed by atoms with Gasteiger partial charge in [0.25, 0.3) is 0 Å². The SMILES string of the molecule is Cc1c(/C=C(\N)c2cccc(C3=CC(c4cccc5c4sc4ccccc45)CC=C3)c2)c2c(c3ccccc13)CCC=C2. The van der Waals surface area contributed by atoms with Crippen molar-refractivity contribution in [2.24, 2.45) is 5.73 Å². The highest BCUT2D eigenvalue weighted by Gasteiger charge is 2.19. The molecule has 1 aromatic heterocycles. The van der Waals surface area contributed by atoms with Crippen LogP contribution in [0.4, 0.5) is 0 Å². The zero-order chi connectivity index (χ0) is 28.9. The van der Waals surface area contributed by atoms with Crippen molar-refractivity contribution < 1.29 is 0 Å². The van der Waals surface area contributed by atoms with E-state index in [0.717, 1.165) is 30.5 Å². The standard InChI is InChI=1S/C41H33NS/c1-26-31-15-2-3-16-33(31)34-17-4-5-18-35(34)38(26)25-39(42)30-14-9-12-28(24-30)27-11-8-13-29(23-27)32-20-10-21-37-36-19-6-7-22-40(36)43-41(32)37/h2-3,5-12,14-16,18-25,29H,4,13,17,42H2,1H3/b39-25-. The van der Waals surface area contributed by atoms with E-state index in [1.807, 2.05) is 11.3 Å². The molecule has 8 rings (SSSR count). The minimum absolute atomic E-state index is 0.340. The van der Waals surface area contributed by atoms with Crippen molar-refractivity contribution in [3.8, 4) is 0 Å². The summed E-state index contributed by atoms with van der Waals surface area (Å²) in [5.74, 6) is 0.340. The summed E-state index contributed by atoms with van der Waals surface area (Å²) in [7, 11) is 0. The molecule has 1 atom stereocenters. The predicted molar refractivity (Wildman–Crippen MR) is 188 cm³/mol. The van der Waals surface area contributed by atoms with Gasteiger partial charge >= 0.3 is 0 Å². The molecule has 0 fully saturated rings. The van der Waals surface area contributed by atoms with Crippen molar-refractivity contribution in [2.45, 2.75) is 32.1 Å². The van der Waals surface area contributed by atoms with Gasteiger partial charge in [-0.3, -0.25) is 0 Å². The Labute approximate surface area is 257 Å². The van der Waals surface area contributed by atoms with Gasteiger partial charge in [0, 0.05) is 31.8 Å². The van der Waals surface area contributed by atoms with E-state index >= 15 is 0 Å². The first kappa shape index (κ1) is 26.0. The number of aryl methyl sites for hydroxylation is 2. The summed E-state index contributed by atoms with van der Waals surface area (Å²) in [6.07, 6.45) is 17.0. The molecule has 208 valence electrons. The van der Waals surface area contributed by atoms with Crippen molar-refractivity contribution in [1.82, 2.24) is 0 Å². The summed E-state index contributed by atoms with van der Waals surface area (Å²) in [5.41, 5.74) is 17.9. The second-order valence-electron chi connectivity index (χ2n) is 11.8. The third-order valence-corrected chi connectivity index (χ3v) is 10.5. The average molecular weight is 572 g/mol. The van der Waals surface area contributed by atoms with Crippen molar-refractivity contribution in [3.63, 3.8) is 0 Å². The fourth-order valence-electron chi connectivity index (χ4n) is 7.07. The molecule has 6 aromatic rings. The summed E-state index contributed by atoms with van der Waals surface area (Å²) < 4.78 is 2.76. The Morgan fingerprint density at radius 2 is 1.60 bits per heavy atom. The summed E-state index contributed by atoms with van der Waals surface area (Å²) >= 11 is 1.92. The molecule has 0 aliphatic heterocycles. The fourth-order valence-corrected chi connectivity index (χ4v) is 8.35. The number of benzene rings is 5. The maximum Gasteiger partial charge on any atom is 0.0394 e. The highest BCUT2D eigenvalue weighted by Crippen LogP contribution is 2.42. The monoisotopic (exact) mass is 571 g/mol. The summed E-state index contributed by atoms with van der Waals surface area (Å²) in [5, 5.41) is 5.41. The van der Waals surface area contributed by atoms with E-state index < -0.39 is 0 Å². The van der Waals surface area contributed by atoms with Crippen molar-refractivity contribution in [2.75, 3.05) is 0 Å². The topological polar surface area (TPSA) is 26.0 Å². The van der Waals surface area contributed by atoms with Gasteiger partial charge in [-0.1, -0.05) is 109 Å². The van der Waals surface area contributed by atoms with E-state index in [0.29, 0.717) is 5.92 Å². The number of rotatable bonds is 4. The second kappa shape index (κ2) is 10.6. The van der Waals surface area contributed by atoms with Crippen molar-refractivity contribution in [1.29, 1.82) is 0 Å². The number of fused-ring (bicyclic) bond motifs is 6. The Bertz CT molecular complexity index is 2190. The molecule has 1 heterocycles. The normalized spacial score (nSPS) is 16.6. The highest BCUT2D eigenvalue weighted by molar-refractivity contribution is 7.26. The van der Waals surface area contributed by atoms with Gasteiger partial charge in [0.15, 0.2) is 0 Å². The number of nitrogens with two attached hydrogens (primary N) is 1. The quantitative estimate of drug-likeness (QED) is 0.209. The van der Waals surface area contributed by atoms with Gasteiger partial charge in [0.05, 0.1) is 0 Å². The van der Waals surface area contributed by atoms with Gasteiger partial charge in [0.1, 0.15) is 0 Å². The maximum atomic E-state index is 6.89. The van der Waals surface area contributed by atoms with Gasteiger partial charge in [0.2, 0.25) is 0 Å². The molecule has 1 unspecified atom stereocenters. The van der Waals surface area contributed by atoms with E-state index in [1.54, 1.807) is 0 Å². The van der Waals surface area contributed by atoms with Crippen LogP contribution in [0.5, 0.6) is 0 Å². The number of thiophene rings is 1. The molecule has 0 saturated heterocycles. The second-order valence-corrected chi connectivity index (χ2v) is 12.8. The molecule has 0 radical (unpaired) electrons. The van der Waals surface area contributed by atoms with Crippen LogP contribution in [-0.2, 0) is 6.42 Å². The summed E-state index contributed by atoms with van der Waals surface area (Å²) in [6, 6.07) is 33.1. The van der Waals surface area contributed by atoms with Gasteiger partial charge in [-0.25, -0.2) is 0 Å². The first-order valence-corrected chi connectivity index (χ1v) is 16.0. The van der Waals surface area contributed by atoms with Crippen molar-refractivity contribution in [3.05, 3.63) is 154 Å². The number of hydrogen-bond acceptors (Lipinski definition) is 2. The number of allylic oxidation sites excluding steroid dienone is 5. The van der Waals surface area contributed by atoms with Crippen LogP contribution in [0.3, 0.4) is 0 Å². The van der Waals surface area contributed by atoms with Crippen LogP contribution in [0.1, 0.15) is 57.7 Å². The first-order chi connectivity index (χ1) is 21.2. The average Bonchev–Trinajstić information content (AvgIpc) is 3.46. The van der Waals surface area contributed by atoms with Crippen LogP contribution >= 0.6 is 11.3 Å². The van der Waals surface area contributed by atoms with Crippen LogP contribution < -0.4 is 5.73 Å². The third kappa shape index (κ3) is 4.45. The van der Waals surface area contributed by atoms with E-state index in [4.69, 9.17) is 5.73 Å². The Hall–Kier alpha value is -4.66.